The van der Waals surface area contributed by atoms with Gasteiger partial charge in [-0.1, -0.05) is 0 Å². The maximum absolute atomic E-state index is 13.3. The van der Waals surface area contributed by atoms with Gasteiger partial charge in [0.25, 0.3) is 0 Å². The van der Waals surface area contributed by atoms with Crippen molar-refractivity contribution in [3.8, 4) is 0 Å². The normalized spacial score (nSPS) is 19.6. The quantitative estimate of drug-likeness (QED) is 0.893. The lowest BCUT2D eigenvalue weighted by Crippen LogP contribution is -2.31. The number of rotatable bonds is 4. The van der Waals surface area contributed by atoms with E-state index >= 15 is 0 Å². The standard InChI is InChI=1S/C14H18FNO2S/c1-9(17)2-5-14(18)16-12-6-7-19-13-4-3-10(15)8-11(12)13/h3-4,8-9,12,17H,2,5-7H2,1H3,(H,16,18). The maximum atomic E-state index is 13.3. The molecule has 1 aromatic carbocycles. The van der Waals surface area contributed by atoms with Crippen LogP contribution in [-0.2, 0) is 4.79 Å². The summed E-state index contributed by atoms with van der Waals surface area (Å²) < 4.78 is 13.3. The molecule has 0 bridgehead atoms. The Morgan fingerprint density at radius 2 is 2.42 bits per heavy atom. The molecule has 1 amide bonds. The van der Waals surface area contributed by atoms with Crippen LogP contribution in [0.3, 0.4) is 0 Å². The number of halogens is 1. The Hall–Kier alpha value is -1.07. The molecule has 2 unspecified atom stereocenters. The number of hydrogen-bond acceptors (Lipinski definition) is 3. The fourth-order valence-corrected chi connectivity index (χ4v) is 3.23. The van der Waals surface area contributed by atoms with Gasteiger partial charge in [0, 0.05) is 17.1 Å². The minimum Gasteiger partial charge on any atom is -0.393 e. The highest BCUT2D eigenvalue weighted by atomic mass is 32.2. The zero-order chi connectivity index (χ0) is 13.8. The molecule has 0 saturated carbocycles. The molecule has 3 nitrogen and oxygen atoms in total. The van der Waals surface area contributed by atoms with Crippen LogP contribution in [0.2, 0.25) is 0 Å². The molecule has 0 aliphatic carbocycles. The number of nitrogens with one attached hydrogen (secondary N) is 1. The maximum Gasteiger partial charge on any atom is 0.220 e. The predicted molar refractivity (Wildman–Crippen MR) is 73.5 cm³/mol. The lowest BCUT2D eigenvalue weighted by atomic mass is 10.0. The van der Waals surface area contributed by atoms with Crippen molar-refractivity contribution in [2.24, 2.45) is 0 Å². The molecule has 0 radical (unpaired) electrons. The predicted octanol–water partition coefficient (Wildman–Crippen LogP) is 2.64. The van der Waals surface area contributed by atoms with Crippen LogP contribution < -0.4 is 5.32 Å². The Morgan fingerprint density at radius 1 is 1.63 bits per heavy atom. The summed E-state index contributed by atoms with van der Waals surface area (Å²) in [5.74, 6) is 0.553. The number of thioether (sulfide) groups is 1. The Kier molecular flexibility index (Phi) is 4.82. The van der Waals surface area contributed by atoms with Gasteiger partial charge in [-0.15, -0.1) is 11.8 Å². The molecule has 2 atom stereocenters. The SMILES string of the molecule is CC(O)CCC(=O)NC1CCSc2ccc(F)cc21. The summed E-state index contributed by atoms with van der Waals surface area (Å²) in [5, 5.41) is 12.1. The fraction of sp³-hybridized carbons (Fsp3) is 0.500. The van der Waals surface area contributed by atoms with Gasteiger partial charge in [-0.25, -0.2) is 4.39 Å². The Labute approximate surface area is 116 Å². The number of hydrogen-bond donors (Lipinski definition) is 2. The molecule has 0 fully saturated rings. The molecule has 104 valence electrons. The van der Waals surface area contributed by atoms with Gasteiger partial charge in [-0.2, -0.15) is 0 Å². The minimum atomic E-state index is -0.475. The average Bonchev–Trinajstić information content (AvgIpc) is 2.37. The first-order valence-electron chi connectivity index (χ1n) is 6.46. The van der Waals surface area contributed by atoms with E-state index in [2.05, 4.69) is 5.32 Å². The van der Waals surface area contributed by atoms with Crippen LogP contribution in [0.1, 0.15) is 37.8 Å². The molecular formula is C14H18FNO2S. The van der Waals surface area contributed by atoms with Gasteiger partial charge >= 0.3 is 0 Å². The van der Waals surface area contributed by atoms with E-state index in [-0.39, 0.29) is 17.8 Å². The second-order valence-electron chi connectivity index (χ2n) is 4.83. The highest BCUT2D eigenvalue weighted by molar-refractivity contribution is 7.99. The van der Waals surface area contributed by atoms with Crippen molar-refractivity contribution in [3.63, 3.8) is 0 Å². The van der Waals surface area contributed by atoms with E-state index in [9.17, 15) is 9.18 Å². The van der Waals surface area contributed by atoms with Crippen molar-refractivity contribution in [2.75, 3.05) is 5.75 Å². The number of benzene rings is 1. The van der Waals surface area contributed by atoms with Crippen molar-refractivity contribution in [3.05, 3.63) is 29.6 Å². The van der Waals surface area contributed by atoms with Crippen molar-refractivity contribution in [1.29, 1.82) is 0 Å². The smallest absolute Gasteiger partial charge is 0.220 e. The molecule has 1 aliphatic heterocycles. The monoisotopic (exact) mass is 283 g/mol. The number of aliphatic hydroxyl groups is 1. The minimum absolute atomic E-state index is 0.0898. The molecule has 2 N–H and O–H groups in total. The first-order chi connectivity index (χ1) is 9.06. The van der Waals surface area contributed by atoms with E-state index in [0.29, 0.717) is 12.8 Å². The van der Waals surface area contributed by atoms with Gasteiger partial charge < -0.3 is 10.4 Å². The largest absolute Gasteiger partial charge is 0.393 e. The summed E-state index contributed by atoms with van der Waals surface area (Å²) in [6.45, 7) is 1.66. The highest BCUT2D eigenvalue weighted by Crippen LogP contribution is 2.36. The van der Waals surface area contributed by atoms with E-state index in [4.69, 9.17) is 5.11 Å². The third-order valence-corrected chi connectivity index (χ3v) is 4.26. The van der Waals surface area contributed by atoms with Gasteiger partial charge in [0.05, 0.1) is 12.1 Å². The van der Waals surface area contributed by atoms with Crippen LogP contribution >= 0.6 is 11.8 Å². The summed E-state index contributed by atoms with van der Waals surface area (Å²) in [5.41, 5.74) is 0.863. The number of carbonyl (C=O) groups is 1. The average molecular weight is 283 g/mol. The lowest BCUT2D eigenvalue weighted by molar-refractivity contribution is -0.122. The molecular weight excluding hydrogens is 265 g/mol. The summed E-state index contributed by atoms with van der Waals surface area (Å²) in [4.78, 5) is 12.8. The van der Waals surface area contributed by atoms with Crippen LogP contribution in [-0.4, -0.2) is 22.9 Å². The van der Waals surface area contributed by atoms with E-state index in [1.54, 1.807) is 24.8 Å². The Balaban J connectivity index is 2.03. The molecule has 0 aromatic heterocycles. The zero-order valence-corrected chi connectivity index (χ0v) is 11.7. The van der Waals surface area contributed by atoms with E-state index in [1.165, 1.54) is 12.1 Å². The number of aliphatic hydroxyl groups excluding tert-OH is 1. The van der Waals surface area contributed by atoms with Crippen LogP contribution in [0, 0.1) is 5.82 Å². The highest BCUT2D eigenvalue weighted by Gasteiger charge is 2.22. The summed E-state index contributed by atoms with van der Waals surface area (Å²) in [6, 6.07) is 4.60. The molecule has 0 spiro atoms. The van der Waals surface area contributed by atoms with Crippen LogP contribution in [0.25, 0.3) is 0 Å². The third kappa shape index (κ3) is 3.94. The first-order valence-corrected chi connectivity index (χ1v) is 7.44. The lowest BCUT2D eigenvalue weighted by Gasteiger charge is -2.26. The van der Waals surface area contributed by atoms with Gasteiger partial charge in [0.1, 0.15) is 5.82 Å². The van der Waals surface area contributed by atoms with Crippen LogP contribution in [0.4, 0.5) is 4.39 Å². The molecule has 1 aromatic rings. The number of fused-ring (bicyclic) bond motifs is 1. The van der Waals surface area contributed by atoms with Crippen LogP contribution in [0.15, 0.2) is 23.1 Å². The van der Waals surface area contributed by atoms with Gasteiger partial charge in [-0.05, 0) is 43.5 Å². The van der Waals surface area contributed by atoms with Crippen molar-refractivity contribution >= 4 is 17.7 Å². The molecule has 1 heterocycles. The second kappa shape index (κ2) is 6.39. The van der Waals surface area contributed by atoms with E-state index in [1.807, 2.05) is 0 Å². The number of amides is 1. The van der Waals surface area contributed by atoms with Gasteiger partial charge in [0.2, 0.25) is 5.91 Å². The van der Waals surface area contributed by atoms with Gasteiger partial charge in [0.15, 0.2) is 0 Å². The fourth-order valence-electron chi connectivity index (χ4n) is 2.12. The molecule has 1 aliphatic rings. The van der Waals surface area contributed by atoms with Crippen molar-refractivity contribution in [2.45, 2.75) is 43.2 Å². The number of carbonyl (C=O) groups excluding carboxylic acids is 1. The summed E-state index contributed by atoms with van der Waals surface area (Å²) >= 11 is 1.69. The third-order valence-electron chi connectivity index (χ3n) is 3.14. The topological polar surface area (TPSA) is 49.3 Å². The second-order valence-corrected chi connectivity index (χ2v) is 5.96. The first kappa shape index (κ1) is 14.3. The molecule has 0 saturated heterocycles. The van der Waals surface area contributed by atoms with Crippen molar-refractivity contribution < 1.29 is 14.3 Å². The Morgan fingerprint density at radius 3 is 3.16 bits per heavy atom. The van der Waals surface area contributed by atoms with Crippen LogP contribution in [0.5, 0.6) is 0 Å². The molecule has 19 heavy (non-hydrogen) atoms. The molecule has 5 heteroatoms. The molecule has 2 rings (SSSR count). The van der Waals surface area contributed by atoms with E-state index < -0.39 is 6.10 Å². The summed E-state index contributed by atoms with van der Waals surface area (Å²) in [6.07, 6.45) is 1.08. The van der Waals surface area contributed by atoms with Crippen molar-refractivity contribution in [1.82, 2.24) is 5.32 Å². The Bertz CT molecular complexity index is 465. The zero-order valence-electron chi connectivity index (χ0n) is 10.9. The summed E-state index contributed by atoms with van der Waals surface area (Å²) in [7, 11) is 0. The van der Waals surface area contributed by atoms with E-state index in [0.717, 1.165) is 22.6 Å². The van der Waals surface area contributed by atoms with Gasteiger partial charge in [-0.3, -0.25) is 4.79 Å².